The molecule has 0 aliphatic carbocycles. The van der Waals surface area contributed by atoms with E-state index in [-0.39, 0.29) is 0 Å². The van der Waals surface area contributed by atoms with Gasteiger partial charge in [0.2, 0.25) is 0 Å². The molecule has 0 radical (unpaired) electrons. The summed E-state index contributed by atoms with van der Waals surface area (Å²) in [4.78, 5) is 24.3. The predicted molar refractivity (Wildman–Crippen MR) is 76.8 cm³/mol. The van der Waals surface area contributed by atoms with Gasteiger partial charge >= 0.3 is 0 Å². The third-order valence-electron chi connectivity index (χ3n) is 3.19. The lowest BCUT2D eigenvalue weighted by Gasteiger charge is -2.05. The molecule has 0 atom stereocenters. The van der Waals surface area contributed by atoms with E-state index >= 15 is 0 Å². The number of hydrogen-bond donors (Lipinski definition) is 1. The number of benzene rings is 1. The third-order valence-corrected chi connectivity index (χ3v) is 3.19. The van der Waals surface area contributed by atoms with Crippen molar-refractivity contribution in [3.05, 3.63) is 46.8 Å². The van der Waals surface area contributed by atoms with Gasteiger partial charge in [0.05, 0.1) is 22.9 Å². The molecule has 0 saturated heterocycles. The first kappa shape index (κ1) is 14.5. The molecule has 1 aromatic carbocycles. The molecule has 0 unspecified atom stereocenters. The van der Waals surface area contributed by atoms with Crippen molar-refractivity contribution in [1.82, 2.24) is 9.78 Å². The minimum Gasteiger partial charge on any atom is -0.319 e. The summed E-state index contributed by atoms with van der Waals surface area (Å²) in [5.41, 5.74) is 2.28. The summed E-state index contributed by atoms with van der Waals surface area (Å²) < 4.78 is 1.56. The number of anilines is 1. The molecular weight excluding hydrogens is 268 g/mol. The zero-order chi connectivity index (χ0) is 15.6. The number of hydrogen-bond acceptors (Lipinski definition) is 4. The molecule has 1 heterocycles. The Kier molecular flexibility index (Phi) is 3.85. The van der Waals surface area contributed by atoms with Gasteiger partial charge in [0.25, 0.3) is 11.7 Å². The van der Waals surface area contributed by atoms with E-state index in [1.54, 1.807) is 43.8 Å². The molecule has 0 spiro atoms. The average Bonchev–Trinajstić information content (AvgIpc) is 2.71. The van der Waals surface area contributed by atoms with Crippen LogP contribution in [0.2, 0.25) is 0 Å². The molecular formula is C15H14N4O2. The predicted octanol–water partition coefficient (Wildman–Crippen LogP) is 1.73. The number of aryl methyl sites for hydroxylation is 2. The van der Waals surface area contributed by atoms with E-state index in [9.17, 15) is 9.59 Å². The van der Waals surface area contributed by atoms with Gasteiger partial charge in [0, 0.05) is 18.4 Å². The zero-order valence-electron chi connectivity index (χ0n) is 12.0. The Morgan fingerprint density at radius 3 is 2.62 bits per heavy atom. The van der Waals surface area contributed by atoms with Gasteiger partial charge in [0.15, 0.2) is 0 Å². The number of amides is 1. The van der Waals surface area contributed by atoms with Crippen LogP contribution < -0.4 is 5.32 Å². The van der Waals surface area contributed by atoms with Crippen LogP contribution in [0.5, 0.6) is 0 Å². The lowest BCUT2D eigenvalue weighted by atomic mass is 10.1. The molecule has 2 rings (SSSR count). The summed E-state index contributed by atoms with van der Waals surface area (Å²) in [6.45, 7) is 3.42. The van der Waals surface area contributed by atoms with Crippen LogP contribution in [0.25, 0.3) is 0 Å². The molecule has 0 aliphatic heterocycles. The fourth-order valence-corrected chi connectivity index (χ4v) is 2.07. The Morgan fingerprint density at radius 1 is 1.33 bits per heavy atom. The van der Waals surface area contributed by atoms with Crippen molar-refractivity contribution in [2.45, 2.75) is 13.8 Å². The van der Waals surface area contributed by atoms with Crippen LogP contribution in [0.3, 0.4) is 0 Å². The van der Waals surface area contributed by atoms with Crippen LogP contribution in [-0.2, 0) is 11.8 Å². The average molecular weight is 282 g/mol. The van der Waals surface area contributed by atoms with Crippen molar-refractivity contribution in [2.75, 3.05) is 5.32 Å². The van der Waals surface area contributed by atoms with E-state index in [1.165, 1.54) is 6.07 Å². The minimum absolute atomic E-state index is 0.312. The van der Waals surface area contributed by atoms with Gasteiger partial charge in [-0.1, -0.05) is 6.07 Å². The maximum atomic E-state index is 12.2. The highest BCUT2D eigenvalue weighted by atomic mass is 16.2. The highest BCUT2D eigenvalue weighted by molar-refractivity contribution is 6.47. The molecule has 0 fully saturated rings. The second kappa shape index (κ2) is 5.59. The first-order valence-corrected chi connectivity index (χ1v) is 6.30. The van der Waals surface area contributed by atoms with Crippen molar-refractivity contribution in [1.29, 1.82) is 5.26 Å². The summed E-state index contributed by atoms with van der Waals surface area (Å²) in [5, 5.41) is 15.4. The molecule has 1 aromatic heterocycles. The van der Waals surface area contributed by atoms with Crippen molar-refractivity contribution < 1.29 is 9.59 Å². The Balaban J connectivity index is 2.24. The number of carbonyl (C=O) groups excluding carboxylic acids is 2. The van der Waals surface area contributed by atoms with E-state index in [0.717, 1.165) is 0 Å². The largest absolute Gasteiger partial charge is 0.319 e. The summed E-state index contributed by atoms with van der Waals surface area (Å²) in [7, 11) is 1.72. The van der Waals surface area contributed by atoms with Crippen LogP contribution in [0, 0.1) is 25.2 Å². The molecule has 0 bridgehead atoms. The fourth-order valence-electron chi connectivity index (χ4n) is 2.07. The van der Waals surface area contributed by atoms with Gasteiger partial charge in [-0.05, 0) is 32.0 Å². The van der Waals surface area contributed by atoms with E-state index in [4.69, 9.17) is 5.26 Å². The van der Waals surface area contributed by atoms with Crippen molar-refractivity contribution in [3.63, 3.8) is 0 Å². The van der Waals surface area contributed by atoms with Gasteiger partial charge < -0.3 is 5.32 Å². The smallest absolute Gasteiger partial charge is 0.296 e. The Labute approximate surface area is 122 Å². The summed E-state index contributed by atoms with van der Waals surface area (Å²) >= 11 is 0. The molecule has 2 aromatic rings. The molecule has 1 N–H and O–H groups in total. The molecule has 21 heavy (non-hydrogen) atoms. The SMILES string of the molecule is Cc1nn(C)c(C)c1C(=O)C(=O)Nc1cccc(C#N)c1. The maximum absolute atomic E-state index is 12.2. The first-order valence-electron chi connectivity index (χ1n) is 6.30. The number of rotatable bonds is 3. The lowest BCUT2D eigenvalue weighted by Crippen LogP contribution is -2.24. The van der Waals surface area contributed by atoms with Crippen LogP contribution in [0.1, 0.15) is 27.3 Å². The summed E-state index contributed by atoms with van der Waals surface area (Å²) in [5.74, 6) is -1.38. The minimum atomic E-state index is -0.746. The highest BCUT2D eigenvalue weighted by Crippen LogP contribution is 2.15. The first-order chi connectivity index (χ1) is 9.93. The normalized spacial score (nSPS) is 10.0. The number of carbonyl (C=O) groups is 2. The summed E-state index contributed by atoms with van der Waals surface area (Å²) in [6.07, 6.45) is 0. The van der Waals surface area contributed by atoms with E-state index in [1.807, 2.05) is 6.07 Å². The number of ketones is 1. The van der Waals surface area contributed by atoms with Gasteiger partial charge in [-0.15, -0.1) is 0 Å². The second-order valence-corrected chi connectivity index (χ2v) is 4.65. The van der Waals surface area contributed by atoms with Crippen molar-refractivity contribution in [3.8, 4) is 6.07 Å². The Morgan fingerprint density at radius 2 is 2.05 bits per heavy atom. The second-order valence-electron chi connectivity index (χ2n) is 4.65. The fraction of sp³-hybridized carbons (Fsp3) is 0.200. The van der Waals surface area contributed by atoms with Gasteiger partial charge in [0.1, 0.15) is 0 Å². The van der Waals surface area contributed by atoms with E-state index in [2.05, 4.69) is 10.4 Å². The number of Topliss-reactive ketones (excluding diaryl/α,β-unsaturated/α-hetero) is 1. The number of aromatic nitrogens is 2. The summed E-state index contributed by atoms with van der Waals surface area (Å²) in [6, 6.07) is 8.36. The molecule has 0 aliphatic rings. The quantitative estimate of drug-likeness (QED) is 0.686. The Bertz CT molecular complexity index is 768. The third kappa shape index (κ3) is 2.82. The molecule has 6 nitrogen and oxygen atoms in total. The van der Waals surface area contributed by atoms with E-state index < -0.39 is 11.7 Å². The maximum Gasteiger partial charge on any atom is 0.296 e. The zero-order valence-corrected chi connectivity index (χ0v) is 12.0. The molecule has 106 valence electrons. The standard InChI is InChI=1S/C15H14N4O2/c1-9-13(10(2)19(3)18-9)14(20)15(21)17-12-6-4-5-11(7-12)8-16/h4-7H,1-3H3,(H,17,21). The number of nitriles is 1. The lowest BCUT2D eigenvalue weighted by molar-refractivity contribution is -0.112. The topological polar surface area (TPSA) is 87.8 Å². The number of nitrogens with one attached hydrogen (secondary N) is 1. The molecule has 1 amide bonds. The molecule has 0 saturated carbocycles. The van der Waals surface area contributed by atoms with E-state index in [0.29, 0.717) is 28.2 Å². The van der Waals surface area contributed by atoms with Gasteiger partial charge in [-0.2, -0.15) is 10.4 Å². The van der Waals surface area contributed by atoms with Crippen LogP contribution in [0.4, 0.5) is 5.69 Å². The van der Waals surface area contributed by atoms with Crippen LogP contribution >= 0.6 is 0 Å². The Hall–Kier alpha value is -2.94. The van der Waals surface area contributed by atoms with Crippen molar-refractivity contribution >= 4 is 17.4 Å². The van der Waals surface area contributed by atoms with Crippen molar-refractivity contribution in [2.24, 2.45) is 7.05 Å². The van der Waals surface area contributed by atoms with Crippen LogP contribution in [0.15, 0.2) is 24.3 Å². The highest BCUT2D eigenvalue weighted by Gasteiger charge is 2.23. The van der Waals surface area contributed by atoms with Gasteiger partial charge in [-0.25, -0.2) is 0 Å². The number of nitrogens with zero attached hydrogens (tertiary/aromatic N) is 3. The molecule has 6 heteroatoms. The monoisotopic (exact) mass is 282 g/mol. The van der Waals surface area contributed by atoms with Gasteiger partial charge in [-0.3, -0.25) is 14.3 Å². The van der Waals surface area contributed by atoms with Crippen LogP contribution in [-0.4, -0.2) is 21.5 Å².